The van der Waals surface area contributed by atoms with E-state index in [1.807, 2.05) is 0 Å². The third kappa shape index (κ3) is 3.58. The van der Waals surface area contributed by atoms with Gasteiger partial charge in [-0.05, 0) is 39.2 Å². The van der Waals surface area contributed by atoms with E-state index < -0.39 is 12.1 Å². The van der Waals surface area contributed by atoms with Gasteiger partial charge in [-0.2, -0.15) is 0 Å². The molecule has 3 rings (SSSR count). The molecule has 1 aliphatic carbocycles. The van der Waals surface area contributed by atoms with Crippen LogP contribution in [0, 0.1) is 13.8 Å². The Balaban J connectivity index is 1.75. The topological polar surface area (TPSA) is 101 Å². The monoisotopic (exact) mass is 363 g/mol. The molecule has 0 aliphatic heterocycles. The Kier molecular flexibility index (Phi) is 4.89. The fourth-order valence-corrected chi connectivity index (χ4v) is 4.21. The maximum Gasteiger partial charge on any atom is 0.349 e. The molecule has 7 nitrogen and oxygen atoms in total. The molecule has 8 heteroatoms. The van der Waals surface area contributed by atoms with Crippen molar-refractivity contribution in [2.45, 2.75) is 58.6 Å². The van der Waals surface area contributed by atoms with Crippen LogP contribution < -0.4 is 10.9 Å². The Bertz CT molecular complexity index is 880. The molecule has 0 aromatic carbocycles. The number of nitrogens with zero attached hydrogens (tertiary/aromatic N) is 1. The fraction of sp³-hybridized carbons (Fsp3) is 0.529. The minimum atomic E-state index is -0.884. The van der Waals surface area contributed by atoms with Gasteiger partial charge < -0.3 is 15.0 Å². The maximum atomic E-state index is 12.5. The Morgan fingerprint density at radius 1 is 1.32 bits per heavy atom. The number of H-pyrrole nitrogens is 1. The minimum absolute atomic E-state index is 0.172. The SMILES string of the molecule is Cc1nc2sc(C(=O)O[C@H](C)C(=O)NC3CCCC3)c(C)c2c(=O)[nH]1. The zero-order valence-electron chi connectivity index (χ0n) is 14.5. The first-order chi connectivity index (χ1) is 11.9. The van der Waals surface area contributed by atoms with Crippen molar-refractivity contribution < 1.29 is 14.3 Å². The summed E-state index contributed by atoms with van der Waals surface area (Å²) in [6, 6.07) is 0.172. The first-order valence-corrected chi connectivity index (χ1v) is 9.20. The predicted octanol–water partition coefficient (Wildman–Crippen LogP) is 2.21. The van der Waals surface area contributed by atoms with Gasteiger partial charge in [0.05, 0.1) is 5.39 Å². The van der Waals surface area contributed by atoms with Gasteiger partial charge in [0.15, 0.2) is 6.10 Å². The second kappa shape index (κ2) is 6.95. The molecule has 1 amide bonds. The lowest BCUT2D eigenvalue weighted by Crippen LogP contribution is -2.40. The number of aromatic amines is 1. The van der Waals surface area contributed by atoms with E-state index in [0.717, 1.165) is 37.0 Å². The van der Waals surface area contributed by atoms with E-state index in [2.05, 4.69) is 15.3 Å². The number of thiophene rings is 1. The minimum Gasteiger partial charge on any atom is -0.448 e. The standard InChI is InChI=1S/C17H21N3O4S/c1-8-12-15(22)18-10(3)19-16(12)25-13(8)17(23)24-9(2)14(21)20-11-6-4-5-7-11/h9,11H,4-7H2,1-3H3,(H,20,21)(H,18,19,22)/t9-/m1/s1. The lowest BCUT2D eigenvalue weighted by Gasteiger charge is -2.16. The molecule has 0 saturated heterocycles. The summed E-state index contributed by atoms with van der Waals surface area (Å²) in [6.45, 7) is 4.92. The molecule has 2 aromatic rings. The molecule has 0 unspecified atom stereocenters. The fourth-order valence-electron chi connectivity index (χ4n) is 3.10. The van der Waals surface area contributed by atoms with Crippen LogP contribution in [0.1, 0.15) is 53.7 Å². The summed E-state index contributed by atoms with van der Waals surface area (Å²) in [5.41, 5.74) is 0.254. The third-order valence-corrected chi connectivity index (χ3v) is 5.62. The van der Waals surface area contributed by atoms with Gasteiger partial charge in [0.2, 0.25) is 0 Å². The van der Waals surface area contributed by atoms with Gasteiger partial charge >= 0.3 is 5.97 Å². The lowest BCUT2D eigenvalue weighted by molar-refractivity contribution is -0.129. The van der Waals surface area contributed by atoms with Crippen LogP contribution in [0.4, 0.5) is 0 Å². The second-order valence-electron chi connectivity index (χ2n) is 6.43. The summed E-state index contributed by atoms with van der Waals surface area (Å²) in [4.78, 5) is 44.4. The summed E-state index contributed by atoms with van der Waals surface area (Å²) < 4.78 is 5.31. The lowest BCUT2D eigenvalue weighted by atomic mass is 10.2. The summed E-state index contributed by atoms with van der Waals surface area (Å²) in [5.74, 6) is -0.402. The van der Waals surface area contributed by atoms with Crippen molar-refractivity contribution in [3.63, 3.8) is 0 Å². The van der Waals surface area contributed by atoms with Crippen molar-refractivity contribution in [2.24, 2.45) is 0 Å². The number of amides is 1. The first-order valence-electron chi connectivity index (χ1n) is 8.38. The molecule has 0 spiro atoms. The van der Waals surface area contributed by atoms with Crippen molar-refractivity contribution in [1.82, 2.24) is 15.3 Å². The molecule has 0 radical (unpaired) electrons. The number of aromatic nitrogens is 2. The zero-order valence-corrected chi connectivity index (χ0v) is 15.3. The molecule has 2 heterocycles. The van der Waals surface area contributed by atoms with Gasteiger partial charge in [-0.3, -0.25) is 9.59 Å². The van der Waals surface area contributed by atoms with Crippen LogP contribution in [-0.2, 0) is 9.53 Å². The molecular weight excluding hydrogens is 342 g/mol. The van der Waals surface area contributed by atoms with Crippen LogP contribution in [0.3, 0.4) is 0 Å². The van der Waals surface area contributed by atoms with Crippen molar-refractivity contribution in [3.8, 4) is 0 Å². The highest BCUT2D eigenvalue weighted by Gasteiger charge is 2.26. The second-order valence-corrected chi connectivity index (χ2v) is 7.42. The zero-order chi connectivity index (χ0) is 18.1. The molecule has 0 bridgehead atoms. The van der Waals surface area contributed by atoms with Gasteiger partial charge in [-0.25, -0.2) is 9.78 Å². The molecule has 1 atom stereocenters. The number of hydrogen-bond acceptors (Lipinski definition) is 6. The van der Waals surface area contributed by atoms with Crippen LogP contribution in [0.25, 0.3) is 10.2 Å². The number of ether oxygens (including phenoxy) is 1. The normalized spacial score (nSPS) is 16.1. The number of carbonyl (C=O) groups is 2. The number of rotatable bonds is 4. The molecular formula is C17H21N3O4S. The van der Waals surface area contributed by atoms with Gasteiger partial charge in [-0.1, -0.05) is 12.8 Å². The first kappa shape index (κ1) is 17.6. The van der Waals surface area contributed by atoms with Crippen LogP contribution >= 0.6 is 11.3 Å². The van der Waals surface area contributed by atoms with E-state index in [0.29, 0.717) is 26.5 Å². The largest absolute Gasteiger partial charge is 0.448 e. The average molecular weight is 363 g/mol. The van der Waals surface area contributed by atoms with Crippen molar-refractivity contribution in [2.75, 3.05) is 0 Å². The highest BCUT2D eigenvalue weighted by molar-refractivity contribution is 7.20. The molecule has 2 aromatic heterocycles. The van der Waals surface area contributed by atoms with E-state index in [1.165, 1.54) is 0 Å². The van der Waals surface area contributed by atoms with Crippen LogP contribution in [0.2, 0.25) is 0 Å². The third-order valence-electron chi connectivity index (χ3n) is 4.46. The van der Waals surface area contributed by atoms with E-state index in [9.17, 15) is 14.4 Å². The highest BCUT2D eigenvalue weighted by atomic mass is 32.1. The smallest absolute Gasteiger partial charge is 0.349 e. The number of fused-ring (bicyclic) bond motifs is 1. The maximum absolute atomic E-state index is 12.5. The molecule has 2 N–H and O–H groups in total. The Hall–Kier alpha value is -2.22. The van der Waals surface area contributed by atoms with Crippen LogP contribution in [0.15, 0.2) is 4.79 Å². The van der Waals surface area contributed by atoms with Crippen molar-refractivity contribution in [3.05, 3.63) is 26.6 Å². The quantitative estimate of drug-likeness (QED) is 0.811. The Morgan fingerprint density at radius 2 is 2.00 bits per heavy atom. The molecule has 1 aliphatic rings. The van der Waals surface area contributed by atoms with Gasteiger partial charge in [0, 0.05) is 6.04 Å². The van der Waals surface area contributed by atoms with Crippen LogP contribution in [0.5, 0.6) is 0 Å². The van der Waals surface area contributed by atoms with Crippen molar-refractivity contribution in [1.29, 1.82) is 0 Å². The number of aryl methyl sites for hydroxylation is 2. The summed E-state index contributed by atoms with van der Waals surface area (Å²) in [7, 11) is 0. The number of nitrogens with one attached hydrogen (secondary N) is 2. The van der Waals surface area contributed by atoms with Gasteiger partial charge in [-0.15, -0.1) is 11.3 Å². The van der Waals surface area contributed by atoms with Crippen LogP contribution in [-0.4, -0.2) is 34.0 Å². The average Bonchev–Trinajstić information content (AvgIpc) is 3.15. The predicted molar refractivity (Wildman–Crippen MR) is 95.0 cm³/mol. The van der Waals surface area contributed by atoms with E-state index in [-0.39, 0.29) is 17.5 Å². The molecule has 1 saturated carbocycles. The summed E-state index contributed by atoms with van der Waals surface area (Å²) in [5, 5.41) is 3.31. The van der Waals surface area contributed by atoms with Gasteiger partial charge in [0.25, 0.3) is 11.5 Å². The molecule has 25 heavy (non-hydrogen) atoms. The van der Waals surface area contributed by atoms with E-state index in [1.54, 1.807) is 20.8 Å². The Labute approximate surface area is 148 Å². The van der Waals surface area contributed by atoms with E-state index in [4.69, 9.17) is 4.74 Å². The van der Waals surface area contributed by atoms with E-state index >= 15 is 0 Å². The summed E-state index contributed by atoms with van der Waals surface area (Å²) in [6.07, 6.45) is 3.28. The summed E-state index contributed by atoms with van der Waals surface area (Å²) >= 11 is 1.11. The van der Waals surface area contributed by atoms with Crippen molar-refractivity contribution >= 4 is 33.4 Å². The highest BCUT2D eigenvalue weighted by Crippen LogP contribution is 2.28. The number of hydrogen-bond donors (Lipinski definition) is 2. The van der Waals surface area contributed by atoms with Gasteiger partial charge in [0.1, 0.15) is 15.5 Å². The number of carbonyl (C=O) groups excluding carboxylic acids is 2. The Morgan fingerprint density at radius 3 is 2.68 bits per heavy atom. The molecule has 1 fully saturated rings. The molecule has 134 valence electrons. The number of esters is 1.